The van der Waals surface area contributed by atoms with E-state index in [-0.39, 0.29) is 11.7 Å². The maximum absolute atomic E-state index is 13.8. The van der Waals surface area contributed by atoms with E-state index in [2.05, 4.69) is 14.9 Å². The molecule has 1 fully saturated rings. The fourth-order valence-electron chi connectivity index (χ4n) is 4.08. The van der Waals surface area contributed by atoms with Crippen molar-refractivity contribution >= 4 is 16.9 Å². The fraction of sp³-hybridized carbons (Fsp3) is 0.364. The minimum absolute atomic E-state index is 0.0662. The number of aromatic nitrogens is 2. The van der Waals surface area contributed by atoms with Gasteiger partial charge in [0.15, 0.2) is 0 Å². The summed E-state index contributed by atoms with van der Waals surface area (Å²) in [4.78, 5) is 17.8. The van der Waals surface area contributed by atoms with E-state index in [0.29, 0.717) is 39.1 Å². The van der Waals surface area contributed by atoms with Crippen molar-refractivity contribution in [3.05, 3.63) is 65.7 Å². The molecule has 0 unspecified atom stereocenters. The van der Waals surface area contributed by atoms with Gasteiger partial charge in [0.05, 0.1) is 16.4 Å². The molecule has 1 N–H and O–H groups in total. The predicted octanol–water partition coefficient (Wildman–Crippen LogP) is 3.35. The van der Waals surface area contributed by atoms with Crippen LogP contribution in [0.3, 0.4) is 0 Å². The van der Waals surface area contributed by atoms with Gasteiger partial charge in [-0.25, -0.2) is 9.37 Å². The van der Waals surface area contributed by atoms with Crippen molar-refractivity contribution in [2.75, 3.05) is 19.8 Å². The molecular weight excluding hydrogens is 357 g/mol. The first kappa shape index (κ1) is 18.6. The number of carbonyl (C=O) groups is 1. The van der Waals surface area contributed by atoms with Gasteiger partial charge < -0.3 is 14.6 Å². The maximum atomic E-state index is 13.8. The normalized spacial score (nSPS) is 16.2. The molecule has 0 atom stereocenters. The number of nitrogens with zero attached hydrogens (tertiary/aromatic N) is 2. The second-order valence-corrected chi connectivity index (χ2v) is 7.26. The second kappa shape index (κ2) is 7.72. The zero-order chi connectivity index (χ0) is 19.6. The Balaban J connectivity index is 1.51. The molecule has 146 valence electrons. The molecule has 0 bridgehead atoms. The number of amides is 1. The molecule has 28 heavy (non-hydrogen) atoms. The Morgan fingerprint density at radius 2 is 2.00 bits per heavy atom. The average Bonchev–Trinajstić information content (AvgIpc) is 3.04. The number of hydrogen-bond acceptors (Lipinski definition) is 3. The van der Waals surface area contributed by atoms with Gasteiger partial charge in [-0.1, -0.05) is 24.3 Å². The number of aryl methyl sites for hydroxylation is 1. The molecule has 2 aromatic carbocycles. The minimum Gasteiger partial charge on any atom is -0.381 e. The third kappa shape index (κ3) is 3.40. The Morgan fingerprint density at radius 1 is 1.21 bits per heavy atom. The van der Waals surface area contributed by atoms with Crippen molar-refractivity contribution in [3.8, 4) is 0 Å². The predicted molar refractivity (Wildman–Crippen MR) is 106 cm³/mol. The first-order valence-electron chi connectivity index (χ1n) is 9.64. The number of carbonyl (C=O) groups excluding carboxylic acids is 1. The summed E-state index contributed by atoms with van der Waals surface area (Å²) in [6.07, 6.45) is 1.10. The van der Waals surface area contributed by atoms with Crippen LogP contribution in [0.25, 0.3) is 11.0 Å². The third-order valence-electron chi connectivity index (χ3n) is 5.62. The third-order valence-corrected chi connectivity index (χ3v) is 5.62. The molecule has 1 amide bonds. The van der Waals surface area contributed by atoms with E-state index >= 15 is 0 Å². The van der Waals surface area contributed by atoms with Gasteiger partial charge >= 0.3 is 0 Å². The molecule has 1 saturated heterocycles. The summed E-state index contributed by atoms with van der Waals surface area (Å²) in [5, 5.41) is 3.08. The number of imidazole rings is 1. The van der Waals surface area contributed by atoms with Crippen LogP contribution in [0.15, 0.2) is 48.5 Å². The van der Waals surface area contributed by atoms with Gasteiger partial charge in [0, 0.05) is 26.3 Å². The highest BCUT2D eigenvalue weighted by Gasteiger charge is 2.41. The smallest absolute Gasteiger partial charge is 0.230 e. The van der Waals surface area contributed by atoms with Gasteiger partial charge in [-0.05, 0) is 49.6 Å². The lowest BCUT2D eigenvalue weighted by Gasteiger charge is -2.36. The minimum atomic E-state index is -0.744. The number of fused-ring (bicyclic) bond motifs is 1. The molecule has 2 heterocycles. The number of halogens is 1. The average molecular weight is 381 g/mol. The van der Waals surface area contributed by atoms with Gasteiger partial charge in [-0.3, -0.25) is 4.79 Å². The van der Waals surface area contributed by atoms with Crippen LogP contribution in [-0.2, 0) is 21.5 Å². The first-order valence-corrected chi connectivity index (χ1v) is 9.64. The maximum Gasteiger partial charge on any atom is 0.230 e. The Bertz CT molecular complexity index is 992. The summed E-state index contributed by atoms with van der Waals surface area (Å²) in [6.45, 7) is 4.07. The monoisotopic (exact) mass is 381 g/mol. The molecule has 0 spiro atoms. The van der Waals surface area contributed by atoms with Gasteiger partial charge in [0.1, 0.15) is 11.6 Å². The van der Waals surface area contributed by atoms with Crippen molar-refractivity contribution in [2.45, 2.75) is 31.7 Å². The van der Waals surface area contributed by atoms with Crippen LogP contribution in [0.5, 0.6) is 0 Å². The van der Waals surface area contributed by atoms with Gasteiger partial charge in [-0.15, -0.1) is 0 Å². The Kier molecular flexibility index (Phi) is 5.13. The second-order valence-electron chi connectivity index (χ2n) is 7.26. The van der Waals surface area contributed by atoms with Gasteiger partial charge in [0.25, 0.3) is 0 Å². The van der Waals surface area contributed by atoms with E-state index in [1.807, 2.05) is 37.3 Å². The summed E-state index contributed by atoms with van der Waals surface area (Å²) in [6, 6.07) is 14.3. The van der Waals surface area contributed by atoms with Crippen LogP contribution in [0, 0.1) is 12.7 Å². The molecule has 1 aliphatic rings. The molecule has 4 rings (SSSR count). The van der Waals surface area contributed by atoms with Gasteiger partial charge in [0.2, 0.25) is 5.91 Å². The summed E-state index contributed by atoms with van der Waals surface area (Å²) < 4.78 is 21.4. The molecule has 3 aromatic rings. The fourth-order valence-corrected chi connectivity index (χ4v) is 4.08. The summed E-state index contributed by atoms with van der Waals surface area (Å²) in [7, 11) is 0. The summed E-state index contributed by atoms with van der Waals surface area (Å²) in [5.74, 6) is 0.529. The Morgan fingerprint density at radius 3 is 2.79 bits per heavy atom. The van der Waals surface area contributed by atoms with Crippen molar-refractivity contribution in [1.82, 2.24) is 14.9 Å². The van der Waals surface area contributed by atoms with Crippen molar-refractivity contribution in [3.63, 3.8) is 0 Å². The quantitative estimate of drug-likeness (QED) is 0.737. The molecular formula is C22H24FN3O2. The molecule has 1 aliphatic heterocycles. The van der Waals surface area contributed by atoms with Crippen LogP contribution < -0.4 is 5.32 Å². The molecule has 0 radical (unpaired) electrons. The zero-order valence-electron chi connectivity index (χ0n) is 16.0. The first-order chi connectivity index (χ1) is 13.6. The van der Waals surface area contributed by atoms with Crippen LogP contribution in [0.2, 0.25) is 0 Å². The largest absolute Gasteiger partial charge is 0.381 e. The van der Waals surface area contributed by atoms with Crippen LogP contribution >= 0.6 is 0 Å². The molecule has 0 saturated carbocycles. The van der Waals surface area contributed by atoms with E-state index in [1.54, 1.807) is 6.07 Å². The SMILES string of the molecule is Cc1nc2ccccc2n1CCNC(=O)C1(c2cccc(F)c2)CCOCC1. The highest BCUT2D eigenvalue weighted by molar-refractivity contribution is 5.88. The number of benzene rings is 2. The number of nitrogens with one attached hydrogen (secondary N) is 1. The van der Waals surface area contributed by atoms with Crippen molar-refractivity contribution in [2.24, 2.45) is 0 Å². The Hall–Kier alpha value is -2.73. The molecule has 6 heteroatoms. The lowest BCUT2D eigenvalue weighted by Crippen LogP contribution is -2.48. The zero-order valence-corrected chi connectivity index (χ0v) is 16.0. The molecule has 1 aromatic heterocycles. The Labute approximate surface area is 163 Å². The standard InChI is InChI=1S/C22H24FN3O2/c1-16-25-19-7-2-3-8-20(19)26(16)12-11-24-21(27)22(9-13-28-14-10-22)17-5-4-6-18(23)15-17/h2-8,15H,9-14H2,1H3,(H,24,27). The van der Waals surface area contributed by atoms with Crippen molar-refractivity contribution < 1.29 is 13.9 Å². The molecule has 0 aliphatic carbocycles. The van der Waals surface area contributed by atoms with E-state index in [1.165, 1.54) is 12.1 Å². The highest BCUT2D eigenvalue weighted by atomic mass is 19.1. The lowest BCUT2D eigenvalue weighted by atomic mass is 9.73. The van der Waals surface area contributed by atoms with E-state index in [4.69, 9.17) is 4.74 Å². The lowest BCUT2D eigenvalue weighted by molar-refractivity contribution is -0.130. The number of hydrogen-bond donors (Lipinski definition) is 1. The summed E-state index contributed by atoms with van der Waals surface area (Å²) in [5.41, 5.74) is 1.98. The number of para-hydroxylation sites is 2. The highest BCUT2D eigenvalue weighted by Crippen LogP contribution is 2.35. The number of ether oxygens (including phenoxy) is 1. The summed E-state index contributed by atoms with van der Waals surface area (Å²) >= 11 is 0. The van der Waals surface area contributed by atoms with E-state index in [9.17, 15) is 9.18 Å². The van der Waals surface area contributed by atoms with Crippen molar-refractivity contribution in [1.29, 1.82) is 0 Å². The number of rotatable bonds is 5. The topological polar surface area (TPSA) is 56.2 Å². The van der Waals surface area contributed by atoms with E-state index < -0.39 is 5.41 Å². The molecule has 5 nitrogen and oxygen atoms in total. The van der Waals surface area contributed by atoms with Crippen LogP contribution in [0.1, 0.15) is 24.2 Å². The van der Waals surface area contributed by atoms with E-state index in [0.717, 1.165) is 22.4 Å². The van der Waals surface area contributed by atoms with Crippen LogP contribution in [-0.4, -0.2) is 35.2 Å². The van der Waals surface area contributed by atoms with Crippen LogP contribution in [0.4, 0.5) is 4.39 Å². The van der Waals surface area contributed by atoms with Gasteiger partial charge in [-0.2, -0.15) is 0 Å².